The van der Waals surface area contributed by atoms with Crippen molar-refractivity contribution < 1.29 is 18.0 Å². The summed E-state index contributed by atoms with van der Waals surface area (Å²) in [5, 5.41) is 2.77. The first kappa shape index (κ1) is 15.6. The van der Waals surface area contributed by atoms with Crippen molar-refractivity contribution in [3.8, 4) is 0 Å². The van der Waals surface area contributed by atoms with E-state index in [2.05, 4.69) is 5.32 Å². The van der Waals surface area contributed by atoms with Gasteiger partial charge in [-0.25, -0.2) is 13.2 Å². The highest BCUT2D eigenvalue weighted by atomic mass is 19.1. The minimum atomic E-state index is -0.620. The zero-order valence-electron chi connectivity index (χ0n) is 12.6. The second-order valence-corrected chi connectivity index (χ2v) is 6.08. The summed E-state index contributed by atoms with van der Waals surface area (Å²) >= 11 is 0. The molecule has 2 aromatic rings. The highest BCUT2D eigenvalue weighted by molar-refractivity contribution is 5.94. The molecule has 2 atom stereocenters. The van der Waals surface area contributed by atoms with Crippen LogP contribution in [-0.2, 0) is 5.41 Å². The average Bonchev–Trinajstić information content (AvgIpc) is 3.16. The van der Waals surface area contributed by atoms with Crippen LogP contribution < -0.4 is 5.32 Å². The largest absolute Gasteiger partial charge is 0.351 e. The number of hydrogen-bond donors (Lipinski definition) is 1. The van der Waals surface area contributed by atoms with Gasteiger partial charge in [0.25, 0.3) is 5.91 Å². The third-order valence-corrected chi connectivity index (χ3v) is 4.59. The van der Waals surface area contributed by atoms with Gasteiger partial charge in [0.05, 0.1) is 0 Å². The van der Waals surface area contributed by atoms with E-state index >= 15 is 0 Å². The molecule has 0 radical (unpaired) electrons. The predicted octanol–water partition coefficient (Wildman–Crippen LogP) is 3.81. The second-order valence-electron chi connectivity index (χ2n) is 6.08. The Kier molecular flexibility index (Phi) is 3.88. The molecule has 2 nitrogen and oxygen atoms in total. The van der Waals surface area contributed by atoms with Gasteiger partial charge in [0, 0.05) is 23.6 Å². The van der Waals surface area contributed by atoms with Gasteiger partial charge in [-0.1, -0.05) is 13.0 Å². The first-order valence-electron chi connectivity index (χ1n) is 7.42. The Bertz CT molecular complexity index is 744. The molecule has 1 saturated carbocycles. The van der Waals surface area contributed by atoms with Gasteiger partial charge in [0.15, 0.2) is 0 Å². The molecule has 0 saturated heterocycles. The van der Waals surface area contributed by atoms with Gasteiger partial charge in [0.2, 0.25) is 0 Å². The minimum absolute atomic E-state index is 0.191. The lowest BCUT2D eigenvalue weighted by Gasteiger charge is -2.19. The molecule has 0 heterocycles. The topological polar surface area (TPSA) is 29.1 Å². The van der Waals surface area contributed by atoms with Crippen molar-refractivity contribution in [3.05, 3.63) is 71.0 Å². The number of halogens is 3. The van der Waals surface area contributed by atoms with Gasteiger partial charge in [0.1, 0.15) is 17.5 Å². The number of rotatable bonds is 4. The summed E-state index contributed by atoms with van der Waals surface area (Å²) in [6.45, 7) is 2.22. The molecule has 23 heavy (non-hydrogen) atoms. The standard InChI is InChI=1S/C18H16F3NO/c1-11-9-18(11,15-7-6-14(20)8-16(15)21)10-22-17(23)12-2-4-13(19)5-3-12/h2-8,11H,9-10H2,1H3,(H,22,23). The minimum Gasteiger partial charge on any atom is -0.351 e. The molecular weight excluding hydrogens is 303 g/mol. The summed E-state index contributed by atoms with van der Waals surface area (Å²) in [5.74, 6) is -1.78. The molecule has 120 valence electrons. The number of carbonyl (C=O) groups is 1. The first-order valence-corrected chi connectivity index (χ1v) is 7.42. The Labute approximate surface area is 132 Å². The maximum absolute atomic E-state index is 14.1. The predicted molar refractivity (Wildman–Crippen MR) is 80.6 cm³/mol. The fourth-order valence-corrected chi connectivity index (χ4v) is 3.04. The maximum Gasteiger partial charge on any atom is 0.251 e. The Morgan fingerprint density at radius 3 is 2.30 bits per heavy atom. The van der Waals surface area contributed by atoms with Crippen LogP contribution in [0.2, 0.25) is 0 Å². The Balaban J connectivity index is 1.75. The van der Waals surface area contributed by atoms with E-state index in [4.69, 9.17) is 0 Å². The summed E-state index contributed by atoms with van der Waals surface area (Å²) in [6.07, 6.45) is 0.721. The molecule has 0 aromatic heterocycles. The molecule has 3 rings (SSSR count). The average molecular weight is 319 g/mol. The monoisotopic (exact) mass is 319 g/mol. The van der Waals surface area contributed by atoms with Crippen molar-refractivity contribution in [1.29, 1.82) is 0 Å². The Morgan fingerprint density at radius 2 is 1.74 bits per heavy atom. The first-order chi connectivity index (χ1) is 10.9. The lowest BCUT2D eigenvalue weighted by Crippen LogP contribution is -2.33. The van der Waals surface area contributed by atoms with Gasteiger partial charge >= 0.3 is 0 Å². The van der Waals surface area contributed by atoms with Crippen molar-refractivity contribution in [2.24, 2.45) is 5.92 Å². The number of carbonyl (C=O) groups excluding carboxylic acids is 1. The van der Waals surface area contributed by atoms with Crippen LogP contribution in [-0.4, -0.2) is 12.5 Å². The number of hydrogen-bond acceptors (Lipinski definition) is 1. The molecule has 1 aliphatic carbocycles. The quantitative estimate of drug-likeness (QED) is 0.912. The molecule has 5 heteroatoms. The van der Waals surface area contributed by atoms with Crippen molar-refractivity contribution in [2.75, 3.05) is 6.54 Å². The zero-order valence-corrected chi connectivity index (χ0v) is 12.6. The lowest BCUT2D eigenvalue weighted by atomic mass is 9.92. The highest BCUT2D eigenvalue weighted by Crippen LogP contribution is 2.54. The molecule has 0 bridgehead atoms. The summed E-state index contributed by atoms with van der Waals surface area (Å²) in [6, 6.07) is 8.75. The third kappa shape index (κ3) is 2.96. The fourth-order valence-electron chi connectivity index (χ4n) is 3.04. The van der Waals surface area contributed by atoms with Crippen molar-refractivity contribution in [3.63, 3.8) is 0 Å². The molecule has 2 unspecified atom stereocenters. The molecule has 1 N–H and O–H groups in total. The van der Waals surface area contributed by atoms with Crippen LogP contribution in [0.15, 0.2) is 42.5 Å². The summed E-state index contributed by atoms with van der Waals surface area (Å²) < 4.78 is 40.0. The molecule has 0 spiro atoms. The molecule has 0 aliphatic heterocycles. The number of nitrogens with one attached hydrogen (secondary N) is 1. The van der Waals surface area contributed by atoms with E-state index in [1.165, 1.54) is 36.4 Å². The highest BCUT2D eigenvalue weighted by Gasteiger charge is 2.53. The van der Waals surface area contributed by atoms with E-state index in [0.29, 0.717) is 11.1 Å². The van der Waals surface area contributed by atoms with E-state index in [-0.39, 0.29) is 18.4 Å². The lowest BCUT2D eigenvalue weighted by molar-refractivity contribution is 0.0948. The van der Waals surface area contributed by atoms with E-state index in [1.807, 2.05) is 6.92 Å². The smallest absolute Gasteiger partial charge is 0.251 e. The van der Waals surface area contributed by atoms with Crippen molar-refractivity contribution in [2.45, 2.75) is 18.8 Å². The van der Waals surface area contributed by atoms with Gasteiger partial charge in [-0.2, -0.15) is 0 Å². The third-order valence-electron chi connectivity index (χ3n) is 4.59. The van der Waals surface area contributed by atoms with E-state index in [1.54, 1.807) is 0 Å². The van der Waals surface area contributed by atoms with E-state index in [0.717, 1.165) is 12.5 Å². The van der Waals surface area contributed by atoms with Gasteiger partial charge in [-0.3, -0.25) is 4.79 Å². The van der Waals surface area contributed by atoms with Crippen LogP contribution >= 0.6 is 0 Å². The van der Waals surface area contributed by atoms with Crippen LogP contribution in [0.5, 0.6) is 0 Å². The molecule has 1 amide bonds. The van der Waals surface area contributed by atoms with Crippen LogP contribution in [0.1, 0.15) is 29.3 Å². The van der Waals surface area contributed by atoms with Gasteiger partial charge in [-0.15, -0.1) is 0 Å². The van der Waals surface area contributed by atoms with Gasteiger partial charge in [-0.05, 0) is 48.2 Å². The second kappa shape index (κ2) is 5.72. The molecule has 2 aromatic carbocycles. The van der Waals surface area contributed by atoms with Crippen LogP contribution in [0, 0.1) is 23.4 Å². The Hall–Kier alpha value is -2.30. The molecule has 1 aliphatic rings. The normalized spacial score (nSPS) is 22.7. The summed E-state index contributed by atoms with van der Waals surface area (Å²) in [7, 11) is 0. The molecular formula is C18H16F3NO. The maximum atomic E-state index is 14.1. The van der Waals surface area contributed by atoms with Gasteiger partial charge < -0.3 is 5.32 Å². The SMILES string of the molecule is CC1CC1(CNC(=O)c1ccc(F)cc1)c1ccc(F)cc1F. The molecule has 1 fully saturated rings. The van der Waals surface area contributed by atoms with E-state index < -0.39 is 22.9 Å². The summed E-state index contributed by atoms with van der Waals surface area (Å²) in [4.78, 5) is 12.1. The van der Waals surface area contributed by atoms with Crippen molar-refractivity contribution >= 4 is 5.91 Å². The van der Waals surface area contributed by atoms with Crippen molar-refractivity contribution in [1.82, 2.24) is 5.32 Å². The number of amides is 1. The van der Waals surface area contributed by atoms with Crippen LogP contribution in [0.25, 0.3) is 0 Å². The van der Waals surface area contributed by atoms with Crippen LogP contribution in [0.4, 0.5) is 13.2 Å². The zero-order chi connectivity index (χ0) is 16.6. The number of benzene rings is 2. The Morgan fingerprint density at radius 1 is 1.13 bits per heavy atom. The fraction of sp³-hybridized carbons (Fsp3) is 0.278. The van der Waals surface area contributed by atoms with Crippen LogP contribution in [0.3, 0.4) is 0 Å². The van der Waals surface area contributed by atoms with E-state index in [9.17, 15) is 18.0 Å². The summed E-state index contributed by atoms with van der Waals surface area (Å²) in [5.41, 5.74) is 0.258.